The van der Waals surface area contributed by atoms with Gasteiger partial charge in [0.1, 0.15) is 5.67 Å². The summed E-state index contributed by atoms with van der Waals surface area (Å²) >= 11 is 5.74. The molecule has 2 rings (SSSR count). The van der Waals surface area contributed by atoms with Crippen molar-refractivity contribution < 1.29 is 17.6 Å². The summed E-state index contributed by atoms with van der Waals surface area (Å²) in [7, 11) is 0. The molecule has 0 aromatic heterocycles. The van der Waals surface area contributed by atoms with Gasteiger partial charge in [-0.25, -0.2) is 4.39 Å². The van der Waals surface area contributed by atoms with Crippen molar-refractivity contribution >= 4 is 11.6 Å². The van der Waals surface area contributed by atoms with Crippen molar-refractivity contribution in [3.8, 4) is 0 Å². The summed E-state index contributed by atoms with van der Waals surface area (Å²) in [5, 5.41) is 0.0714. The van der Waals surface area contributed by atoms with E-state index in [0.29, 0.717) is 38.0 Å². The van der Waals surface area contributed by atoms with Crippen molar-refractivity contribution in [3.63, 3.8) is 0 Å². The predicted molar refractivity (Wildman–Crippen MR) is 70.5 cm³/mol. The molecule has 1 aromatic rings. The van der Waals surface area contributed by atoms with Crippen LogP contribution in [0.5, 0.6) is 0 Å². The number of alkyl halides is 4. The lowest BCUT2D eigenvalue weighted by Gasteiger charge is -2.34. The Kier molecular flexibility index (Phi) is 4.30. The van der Waals surface area contributed by atoms with Gasteiger partial charge in [0.05, 0.1) is 5.56 Å². The highest BCUT2D eigenvalue weighted by Gasteiger charge is 2.32. The monoisotopic (exact) mass is 309 g/mol. The third-order valence-electron chi connectivity index (χ3n) is 3.59. The maximum absolute atomic E-state index is 13.7. The molecule has 1 saturated heterocycles. The molecule has 1 aliphatic heterocycles. The first kappa shape index (κ1) is 15.6. The summed E-state index contributed by atoms with van der Waals surface area (Å²) in [4.78, 5) is 1.95. The third-order valence-corrected chi connectivity index (χ3v) is 3.81. The molecule has 112 valence electrons. The zero-order chi connectivity index (χ0) is 15.0. The van der Waals surface area contributed by atoms with E-state index in [0.717, 1.165) is 12.1 Å². The highest BCUT2D eigenvalue weighted by Crippen LogP contribution is 2.33. The van der Waals surface area contributed by atoms with E-state index in [1.54, 1.807) is 6.92 Å². The lowest BCUT2D eigenvalue weighted by Crippen LogP contribution is -2.39. The van der Waals surface area contributed by atoms with E-state index in [1.165, 1.54) is 6.07 Å². The third kappa shape index (κ3) is 4.09. The molecule has 0 amide bonds. The summed E-state index contributed by atoms with van der Waals surface area (Å²) in [6.45, 7) is 3.01. The van der Waals surface area contributed by atoms with Crippen LogP contribution in [0.1, 0.15) is 30.9 Å². The number of benzene rings is 1. The summed E-state index contributed by atoms with van der Waals surface area (Å²) < 4.78 is 51.8. The molecule has 0 N–H and O–H groups in total. The van der Waals surface area contributed by atoms with E-state index in [9.17, 15) is 17.6 Å². The summed E-state index contributed by atoms with van der Waals surface area (Å²) in [6, 6.07) is 3.55. The Morgan fingerprint density at radius 1 is 1.20 bits per heavy atom. The van der Waals surface area contributed by atoms with Crippen molar-refractivity contribution in [1.29, 1.82) is 0 Å². The fourth-order valence-corrected chi connectivity index (χ4v) is 2.60. The predicted octanol–water partition coefficient (Wildman–Crippen LogP) is 4.68. The lowest BCUT2D eigenvalue weighted by atomic mass is 9.95. The molecule has 0 radical (unpaired) electrons. The Hall–Kier alpha value is -0.810. The summed E-state index contributed by atoms with van der Waals surface area (Å²) in [5.74, 6) is 0. The highest BCUT2D eigenvalue weighted by atomic mass is 35.5. The molecule has 0 saturated carbocycles. The zero-order valence-electron chi connectivity index (χ0n) is 11.1. The first-order valence-electron chi connectivity index (χ1n) is 6.44. The van der Waals surface area contributed by atoms with Gasteiger partial charge >= 0.3 is 6.18 Å². The Balaban J connectivity index is 2.09. The fraction of sp³-hybridized carbons (Fsp3) is 0.571. The van der Waals surface area contributed by atoms with Gasteiger partial charge in [0, 0.05) is 24.7 Å². The Morgan fingerprint density at radius 2 is 1.80 bits per heavy atom. The van der Waals surface area contributed by atoms with Gasteiger partial charge in [-0.2, -0.15) is 13.2 Å². The average molecular weight is 310 g/mol. The number of halogens is 5. The van der Waals surface area contributed by atoms with Gasteiger partial charge in [-0.1, -0.05) is 11.6 Å². The van der Waals surface area contributed by atoms with Gasteiger partial charge in [0.25, 0.3) is 0 Å². The number of nitrogens with zero attached hydrogens (tertiary/aromatic N) is 1. The number of hydrogen-bond donors (Lipinski definition) is 0. The summed E-state index contributed by atoms with van der Waals surface area (Å²) in [6.07, 6.45) is -3.60. The number of likely N-dealkylation sites (tertiary alicyclic amines) is 1. The molecule has 0 bridgehead atoms. The van der Waals surface area contributed by atoms with Gasteiger partial charge in [-0.05, 0) is 43.5 Å². The SMILES string of the molecule is CC1(F)CCN(Cc2cc(Cl)cc(C(F)(F)F)c2)CC1. The van der Waals surface area contributed by atoms with Crippen LogP contribution < -0.4 is 0 Å². The molecular formula is C14H16ClF4N. The molecule has 1 aromatic carbocycles. The molecule has 1 fully saturated rings. The quantitative estimate of drug-likeness (QED) is 0.717. The summed E-state index contributed by atoms with van der Waals surface area (Å²) in [5.41, 5.74) is -1.40. The molecule has 6 heteroatoms. The number of piperidine rings is 1. The van der Waals surface area contributed by atoms with Crippen molar-refractivity contribution in [2.24, 2.45) is 0 Å². The van der Waals surface area contributed by atoms with E-state index < -0.39 is 17.4 Å². The zero-order valence-corrected chi connectivity index (χ0v) is 11.9. The molecule has 0 spiro atoms. The first-order chi connectivity index (χ1) is 9.16. The second-order valence-corrected chi connectivity index (χ2v) is 5.97. The van der Waals surface area contributed by atoms with Crippen molar-refractivity contribution in [3.05, 3.63) is 34.3 Å². The molecule has 0 unspecified atom stereocenters. The Bertz CT molecular complexity index is 475. The van der Waals surface area contributed by atoms with Crippen LogP contribution in [0.25, 0.3) is 0 Å². The van der Waals surface area contributed by atoms with Crippen molar-refractivity contribution in [2.45, 2.75) is 38.2 Å². The van der Waals surface area contributed by atoms with Crippen LogP contribution in [0.15, 0.2) is 18.2 Å². The molecular weight excluding hydrogens is 294 g/mol. The number of hydrogen-bond acceptors (Lipinski definition) is 1. The lowest BCUT2D eigenvalue weighted by molar-refractivity contribution is -0.137. The van der Waals surface area contributed by atoms with Gasteiger partial charge in [0.2, 0.25) is 0 Å². The molecule has 1 aliphatic rings. The number of rotatable bonds is 2. The van der Waals surface area contributed by atoms with Crippen LogP contribution in [0, 0.1) is 0 Å². The van der Waals surface area contributed by atoms with Gasteiger partial charge in [-0.3, -0.25) is 4.90 Å². The van der Waals surface area contributed by atoms with Crippen molar-refractivity contribution in [1.82, 2.24) is 4.90 Å². The maximum atomic E-state index is 13.7. The molecule has 20 heavy (non-hydrogen) atoms. The van der Waals surface area contributed by atoms with E-state index in [1.807, 2.05) is 4.90 Å². The highest BCUT2D eigenvalue weighted by molar-refractivity contribution is 6.30. The van der Waals surface area contributed by atoms with Crippen LogP contribution in [0.4, 0.5) is 17.6 Å². The molecule has 1 nitrogen and oxygen atoms in total. The van der Waals surface area contributed by atoms with Crippen LogP contribution in [-0.2, 0) is 12.7 Å². The van der Waals surface area contributed by atoms with E-state index >= 15 is 0 Å². The van der Waals surface area contributed by atoms with Crippen LogP contribution in [0.3, 0.4) is 0 Å². The van der Waals surface area contributed by atoms with E-state index in [4.69, 9.17) is 11.6 Å². The first-order valence-corrected chi connectivity index (χ1v) is 6.81. The minimum Gasteiger partial charge on any atom is -0.299 e. The van der Waals surface area contributed by atoms with Crippen LogP contribution in [0.2, 0.25) is 5.02 Å². The van der Waals surface area contributed by atoms with E-state index in [2.05, 4.69) is 0 Å². The largest absolute Gasteiger partial charge is 0.416 e. The minimum atomic E-state index is -4.40. The van der Waals surface area contributed by atoms with Crippen LogP contribution in [-0.4, -0.2) is 23.7 Å². The standard InChI is InChI=1S/C14H16ClF4N/c1-13(16)2-4-20(5-3-13)9-10-6-11(14(17,18)19)8-12(15)7-10/h6-8H,2-5,9H2,1H3. The van der Waals surface area contributed by atoms with Crippen LogP contribution >= 0.6 is 11.6 Å². The van der Waals surface area contributed by atoms with Gasteiger partial charge < -0.3 is 0 Å². The average Bonchev–Trinajstić information content (AvgIpc) is 2.30. The molecule has 0 aliphatic carbocycles. The van der Waals surface area contributed by atoms with Crippen molar-refractivity contribution in [2.75, 3.05) is 13.1 Å². The minimum absolute atomic E-state index is 0.0714. The topological polar surface area (TPSA) is 3.24 Å². The second kappa shape index (κ2) is 5.53. The maximum Gasteiger partial charge on any atom is 0.416 e. The normalized spacial score (nSPS) is 20.1. The fourth-order valence-electron chi connectivity index (χ4n) is 2.34. The van der Waals surface area contributed by atoms with Gasteiger partial charge in [-0.15, -0.1) is 0 Å². The van der Waals surface area contributed by atoms with E-state index in [-0.39, 0.29) is 5.02 Å². The smallest absolute Gasteiger partial charge is 0.299 e. The Morgan fingerprint density at radius 3 is 2.35 bits per heavy atom. The molecule has 0 atom stereocenters. The van der Waals surface area contributed by atoms with Gasteiger partial charge in [0.15, 0.2) is 0 Å². The molecule has 1 heterocycles. The Labute approximate surface area is 120 Å². The second-order valence-electron chi connectivity index (χ2n) is 5.54.